The van der Waals surface area contributed by atoms with E-state index in [4.69, 9.17) is 12.2 Å². The van der Waals surface area contributed by atoms with Crippen molar-refractivity contribution in [3.8, 4) is 0 Å². The van der Waals surface area contributed by atoms with Crippen LogP contribution in [-0.4, -0.2) is 39.0 Å². The molecule has 26 heavy (non-hydrogen) atoms. The maximum Gasteiger partial charge on any atom is 0.266 e. The van der Waals surface area contributed by atoms with Crippen LogP contribution in [0.5, 0.6) is 0 Å². The highest BCUT2D eigenvalue weighted by atomic mass is 32.2. The van der Waals surface area contributed by atoms with E-state index in [1.165, 1.54) is 16.7 Å². The molecule has 0 saturated carbocycles. The van der Waals surface area contributed by atoms with E-state index in [2.05, 4.69) is 0 Å². The molecule has 1 aromatic carbocycles. The molecule has 0 radical (unpaired) electrons. The normalized spacial score (nSPS) is 15.7. The Kier molecular flexibility index (Phi) is 6.24. The molecule has 0 N–H and O–H groups in total. The fraction of sp³-hybridized carbons (Fsp3) is 0.211. The summed E-state index contributed by atoms with van der Waals surface area (Å²) in [7, 11) is 0. The van der Waals surface area contributed by atoms with Gasteiger partial charge in [-0.15, -0.1) is 11.3 Å². The zero-order chi connectivity index (χ0) is 18.5. The molecule has 2 heterocycles. The van der Waals surface area contributed by atoms with Crippen molar-refractivity contribution < 1.29 is 9.59 Å². The number of rotatable bonds is 6. The van der Waals surface area contributed by atoms with Gasteiger partial charge in [0.15, 0.2) is 0 Å². The molecule has 1 aromatic heterocycles. The molecule has 0 spiro atoms. The average Bonchev–Trinajstić information content (AvgIpc) is 3.24. The van der Waals surface area contributed by atoms with Crippen molar-refractivity contribution >= 4 is 57.5 Å². The molecule has 134 valence electrons. The number of hydrogen-bond acceptors (Lipinski definition) is 5. The van der Waals surface area contributed by atoms with E-state index in [-0.39, 0.29) is 18.4 Å². The third-order valence-corrected chi connectivity index (χ3v) is 6.13. The van der Waals surface area contributed by atoms with Gasteiger partial charge in [-0.25, -0.2) is 0 Å². The smallest absolute Gasteiger partial charge is 0.266 e. The predicted molar refractivity (Wildman–Crippen MR) is 112 cm³/mol. The van der Waals surface area contributed by atoms with Crippen molar-refractivity contribution in [3.63, 3.8) is 0 Å². The number of thioether (sulfide) groups is 1. The van der Waals surface area contributed by atoms with Gasteiger partial charge in [-0.2, -0.15) is 0 Å². The highest BCUT2D eigenvalue weighted by molar-refractivity contribution is 8.26. The van der Waals surface area contributed by atoms with Crippen LogP contribution in [0.4, 0.5) is 0 Å². The fourth-order valence-corrected chi connectivity index (χ4v) is 4.53. The van der Waals surface area contributed by atoms with Crippen LogP contribution in [0, 0.1) is 0 Å². The fourth-order valence-electron chi connectivity index (χ4n) is 2.55. The second kappa shape index (κ2) is 8.62. The van der Waals surface area contributed by atoms with Gasteiger partial charge in [0, 0.05) is 18.0 Å². The van der Waals surface area contributed by atoms with E-state index in [0.717, 1.165) is 10.4 Å². The van der Waals surface area contributed by atoms with Gasteiger partial charge >= 0.3 is 0 Å². The summed E-state index contributed by atoms with van der Waals surface area (Å²) in [5.41, 5.74) is 1.06. The highest BCUT2D eigenvalue weighted by Gasteiger charge is 2.34. The van der Waals surface area contributed by atoms with Crippen molar-refractivity contribution in [2.45, 2.75) is 13.5 Å². The first-order chi connectivity index (χ1) is 12.6. The summed E-state index contributed by atoms with van der Waals surface area (Å²) in [5, 5.41) is 1.96. The summed E-state index contributed by atoms with van der Waals surface area (Å²) >= 11 is 8.13. The third kappa shape index (κ3) is 4.41. The van der Waals surface area contributed by atoms with E-state index in [0.29, 0.717) is 22.3 Å². The minimum atomic E-state index is -0.197. The number of thiophene rings is 1. The second-order valence-corrected chi connectivity index (χ2v) is 8.33. The zero-order valence-corrected chi connectivity index (χ0v) is 16.7. The standard InChI is InChI=1S/C19H18N2O2S3/c1-2-20(12-14-7-4-3-5-8-14)17(22)13-21-18(23)16(26-19(21)24)11-15-9-6-10-25-15/h3-11H,2,12-13H2,1H3/b16-11+. The maximum absolute atomic E-state index is 12.7. The lowest BCUT2D eigenvalue weighted by Gasteiger charge is -2.23. The molecule has 1 aliphatic heterocycles. The van der Waals surface area contributed by atoms with Crippen LogP contribution in [0.2, 0.25) is 0 Å². The van der Waals surface area contributed by atoms with Crippen LogP contribution in [0.1, 0.15) is 17.4 Å². The number of hydrogen-bond donors (Lipinski definition) is 0. The molecular weight excluding hydrogens is 384 g/mol. The van der Waals surface area contributed by atoms with E-state index >= 15 is 0 Å². The molecule has 0 bridgehead atoms. The summed E-state index contributed by atoms with van der Waals surface area (Å²) in [6.45, 7) is 3.01. The Morgan fingerprint density at radius 1 is 1.23 bits per heavy atom. The molecule has 1 aliphatic rings. The lowest BCUT2D eigenvalue weighted by Crippen LogP contribution is -2.41. The van der Waals surface area contributed by atoms with Gasteiger partial charge in [-0.1, -0.05) is 60.4 Å². The zero-order valence-electron chi connectivity index (χ0n) is 14.3. The molecule has 4 nitrogen and oxygen atoms in total. The Bertz CT molecular complexity index is 832. The van der Waals surface area contributed by atoms with Crippen molar-refractivity contribution in [1.82, 2.24) is 9.80 Å². The molecule has 1 saturated heterocycles. The van der Waals surface area contributed by atoms with Gasteiger partial charge in [0.05, 0.1) is 4.91 Å². The Hall–Kier alpha value is -1.96. The largest absolute Gasteiger partial charge is 0.337 e. The summed E-state index contributed by atoms with van der Waals surface area (Å²) in [6.07, 6.45) is 1.83. The molecule has 0 unspecified atom stereocenters. The Morgan fingerprint density at radius 3 is 2.65 bits per heavy atom. The van der Waals surface area contributed by atoms with E-state index < -0.39 is 0 Å². The molecule has 3 rings (SSSR count). The van der Waals surface area contributed by atoms with Gasteiger partial charge in [-0.3, -0.25) is 14.5 Å². The first kappa shape index (κ1) is 18.8. The number of carbonyl (C=O) groups excluding carboxylic acids is 2. The van der Waals surface area contributed by atoms with Crippen molar-refractivity contribution in [3.05, 3.63) is 63.2 Å². The minimum Gasteiger partial charge on any atom is -0.337 e. The number of carbonyl (C=O) groups is 2. The first-order valence-electron chi connectivity index (χ1n) is 8.19. The molecule has 2 aromatic rings. The van der Waals surface area contributed by atoms with Crippen LogP contribution in [0.25, 0.3) is 6.08 Å². The average molecular weight is 403 g/mol. The van der Waals surface area contributed by atoms with Gasteiger partial charge in [0.25, 0.3) is 5.91 Å². The monoisotopic (exact) mass is 402 g/mol. The maximum atomic E-state index is 12.7. The predicted octanol–water partition coefficient (Wildman–Crippen LogP) is 4.00. The van der Waals surface area contributed by atoms with Crippen LogP contribution < -0.4 is 0 Å². The van der Waals surface area contributed by atoms with Gasteiger partial charge < -0.3 is 4.90 Å². The van der Waals surface area contributed by atoms with Crippen LogP contribution in [0.3, 0.4) is 0 Å². The van der Waals surface area contributed by atoms with E-state index in [9.17, 15) is 9.59 Å². The van der Waals surface area contributed by atoms with Crippen LogP contribution >= 0.6 is 35.3 Å². The van der Waals surface area contributed by atoms with Gasteiger partial charge in [0.2, 0.25) is 5.91 Å². The summed E-state index contributed by atoms with van der Waals surface area (Å²) in [6, 6.07) is 13.7. The molecule has 0 atom stereocenters. The third-order valence-electron chi connectivity index (χ3n) is 3.93. The Balaban J connectivity index is 1.68. The number of nitrogens with zero attached hydrogens (tertiary/aromatic N) is 2. The van der Waals surface area contributed by atoms with Crippen molar-refractivity contribution in [1.29, 1.82) is 0 Å². The van der Waals surface area contributed by atoms with Gasteiger partial charge in [-0.05, 0) is 30.0 Å². The van der Waals surface area contributed by atoms with Crippen molar-refractivity contribution in [2.24, 2.45) is 0 Å². The Morgan fingerprint density at radius 2 is 2.00 bits per heavy atom. The first-order valence-corrected chi connectivity index (χ1v) is 10.3. The molecule has 1 fully saturated rings. The number of likely N-dealkylation sites (N-methyl/N-ethyl adjacent to an activating group) is 1. The highest BCUT2D eigenvalue weighted by Crippen LogP contribution is 2.33. The molecule has 7 heteroatoms. The van der Waals surface area contributed by atoms with E-state index in [1.807, 2.05) is 60.8 Å². The summed E-state index contributed by atoms with van der Waals surface area (Å²) < 4.78 is 0.432. The number of benzene rings is 1. The quantitative estimate of drug-likeness (QED) is 0.541. The van der Waals surface area contributed by atoms with Gasteiger partial charge in [0.1, 0.15) is 10.9 Å². The lowest BCUT2D eigenvalue weighted by atomic mass is 10.2. The molecule has 2 amide bonds. The lowest BCUT2D eigenvalue weighted by molar-refractivity contribution is -0.135. The molecule has 0 aliphatic carbocycles. The topological polar surface area (TPSA) is 40.6 Å². The molecular formula is C19H18N2O2S3. The van der Waals surface area contributed by atoms with E-state index in [1.54, 1.807) is 16.2 Å². The SMILES string of the molecule is CCN(Cc1ccccc1)C(=O)CN1C(=O)/C(=C\c2cccs2)SC1=S. The second-order valence-electron chi connectivity index (χ2n) is 5.68. The van der Waals surface area contributed by atoms with Crippen molar-refractivity contribution in [2.75, 3.05) is 13.1 Å². The number of amides is 2. The summed E-state index contributed by atoms with van der Waals surface area (Å²) in [4.78, 5) is 30.0. The summed E-state index contributed by atoms with van der Waals surface area (Å²) in [5.74, 6) is -0.303. The number of thiocarbonyl (C=S) groups is 1. The van der Waals surface area contributed by atoms with Crippen LogP contribution in [0.15, 0.2) is 52.7 Å². The Labute approximate surface area is 166 Å². The van der Waals surface area contributed by atoms with Crippen LogP contribution in [-0.2, 0) is 16.1 Å². The minimum absolute atomic E-state index is 0.0207.